The maximum absolute atomic E-state index is 13.1. The van der Waals surface area contributed by atoms with Gasteiger partial charge in [-0.2, -0.15) is 0 Å². The van der Waals surface area contributed by atoms with Crippen LogP contribution in [0.5, 0.6) is 11.5 Å². The maximum atomic E-state index is 13.1. The van der Waals surface area contributed by atoms with Crippen molar-refractivity contribution >= 4 is 23.1 Å². The molecule has 1 fully saturated rings. The predicted molar refractivity (Wildman–Crippen MR) is 112 cm³/mol. The number of ether oxygens (including phenoxy) is 1. The largest absolute Gasteiger partial charge is 0.508 e. The third kappa shape index (κ3) is 3.18. The Morgan fingerprint density at radius 1 is 0.900 bits per heavy atom. The number of aliphatic hydroxyl groups excluding tert-OH is 1. The quantitative estimate of drug-likeness (QED) is 0.392. The number of nitrogens with zero attached hydrogens (tertiary/aromatic N) is 1. The summed E-state index contributed by atoms with van der Waals surface area (Å²) in [5.41, 5.74) is 1.37. The summed E-state index contributed by atoms with van der Waals surface area (Å²) in [7, 11) is 1.46. The molecule has 0 bridgehead atoms. The Hall–Kier alpha value is -4.06. The number of aromatic hydroxyl groups is 1. The Morgan fingerprint density at radius 2 is 1.53 bits per heavy atom. The van der Waals surface area contributed by atoms with Crippen molar-refractivity contribution < 1.29 is 24.5 Å². The fourth-order valence-electron chi connectivity index (χ4n) is 3.64. The van der Waals surface area contributed by atoms with Gasteiger partial charge >= 0.3 is 0 Å². The number of hydrogen-bond acceptors (Lipinski definition) is 5. The smallest absolute Gasteiger partial charge is 0.300 e. The van der Waals surface area contributed by atoms with Crippen LogP contribution in [0, 0.1) is 0 Å². The molecule has 30 heavy (non-hydrogen) atoms. The van der Waals surface area contributed by atoms with Gasteiger partial charge in [0.25, 0.3) is 11.7 Å². The van der Waals surface area contributed by atoms with E-state index in [0.29, 0.717) is 22.6 Å². The molecule has 6 nitrogen and oxygen atoms in total. The topological polar surface area (TPSA) is 87.1 Å². The van der Waals surface area contributed by atoms with Crippen molar-refractivity contribution in [3.63, 3.8) is 0 Å². The summed E-state index contributed by atoms with van der Waals surface area (Å²) in [6.07, 6.45) is 0. The van der Waals surface area contributed by atoms with E-state index in [-0.39, 0.29) is 17.1 Å². The number of para-hydroxylation sites is 2. The lowest BCUT2D eigenvalue weighted by Gasteiger charge is -2.25. The molecule has 1 heterocycles. The molecule has 0 spiro atoms. The highest BCUT2D eigenvalue weighted by molar-refractivity contribution is 6.51. The van der Waals surface area contributed by atoms with Crippen LogP contribution < -0.4 is 9.64 Å². The number of amides is 1. The summed E-state index contributed by atoms with van der Waals surface area (Å²) < 4.78 is 5.32. The monoisotopic (exact) mass is 401 g/mol. The van der Waals surface area contributed by atoms with Crippen LogP contribution in [0.2, 0.25) is 0 Å². The Kier molecular flexibility index (Phi) is 4.98. The Bertz CT molecular complexity index is 1140. The summed E-state index contributed by atoms with van der Waals surface area (Å²) in [6, 6.07) is 20.9. The van der Waals surface area contributed by atoms with Gasteiger partial charge in [0.2, 0.25) is 0 Å². The van der Waals surface area contributed by atoms with Crippen LogP contribution in [-0.4, -0.2) is 29.0 Å². The molecule has 1 aliphatic rings. The zero-order valence-corrected chi connectivity index (χ0v) is 16.1. The molecule has 1 aliphatic heterocycles. The van der Waals surface area contributed by atoms with Crippen LogP contribution in [0.1, 0.15) is 17.2 Å². The van der Waals surface area contributed by atoms with E-state index in [2.05, 4.69) is 0 Å². The van der Waals surface area contributed by atoms with E-state index in [9.17, 15) is 19.8 Å². The van der Waals surface area contributed by atoms with Gasteiger partial charge in [-0.3, -0.25) is 14.5 Å². The number of carbonyl (C=O) groups is 2. The van der Waals surface area contributed by atoms with Crippen LogP contribution in [0.25, 0.3) is 5.76 Å². The zero-order valence-electron chi connectivity index (χ0n) is 16.1. The molecule has 0 aromatic heterocycles. The molecule has 150 valence electrons. The summed E-state index contributed by atoms with van der Waals surface area (Å²) in [5, 5.41) is 20.8. The van der Waals surface area contributed by atoms with Gasteiger partial charge in [-0.25, -0.2) is 0 Å². The van der Waals surface area contributed by atoms with E-state index in [1.165, 1.54) is 24.1 Å². The van der Waals surface area contributed by atoms with E-state index < -0.39 is 17.7 Å². The molecule has 4 rings (SSSR count). The lowest BCUT2D eigenvalue weighted by Crippen LogP contribution is -2.29. The van der Waals surface area contributed by atoms with Crippen molar-refractivity contribution in [2.45, 2.75) is 6.04 Å². The number of ketones is 1. The van der Waals surface area contributed by atoms with Crippen molar-refractivity contribution in [1.82, 2.24) is 0 Å². The van der Waals surface area contributed by atoms with Crippen LogP contribution in [0.15, 0.2) is 84.4 Å². The second-order valence-electron chi connectivity index (χ2n) is 6.80. The lowest BCUT2D eigenvalue weighted by atomic mass is 9.94. The van der Waals surface area contributed by atoms with Gasteiger partial charge in [0.05, 0.1) is 24.3 Å². The number of aliphatic hydroxyl groups is 1. The fraction of sp³-hybridized carbons (Fsp3) is 0.0833. The maximum Gasteiger partial charge on any atom is 0.300 e. The van der Waals surface area contributed by atoms with Crippen LogP contribution in [0.4, 0.5) is 5.69 Å². The molecule has 2 N–H and O–H groups in total. The third-order valence-corrected chi connectivity index (χ3v) is 5.05. The highest BCUT2D eigenvalue weighted by Crippen LogP contribution is 2.43. The first-order chi connectivity index (χ1) is 14.5. The second kappa shape index (κ2) is 7.75. The number of benzene rings is 3. The first-order valence-corrected chi connectivity index (χ1v) is 9.31. The number of hydrogen-bond donors (Lipinski definition) is 2. The molecule has 1 saturated heterocycles. The zero-order chi connectivity index (χ0) is 21.3. The van der Waals surface area contributed by atoms with Crippen LogP contribution in [-0.2, 0) is 9.59 Å². The van der Waals surface area contributed by atoms with Gasteiger partial charge in [-0.1, -0.05) is 42.5 Å². The number of Topliss-reactive ketones (excluding diaryl/α,β-unsaturated/α-hetero) is 1. The fourth-order valence-corrected chi connectivity index (χ4v) is 3.64. The molecule has 1 amide bonds. The molecule has 1 unspecified atom stereocenters. The Morgan fingerprint density at radius 3 is 2.20 bits per heavy atom. The second-order valence-corrected chi connectivity index (χ2v) is 6.80. The average molecular weight is 401 g/mol. The van der Waals surface area contributed by atoms with Gasteiger partial charge in [-0.05, 0) is 42.0 Å². The Labute approximate surface area is 173 Å². The standard InChI is InChI=1S/C24H19NO5/c1-30-19-10-6-5-9-18(19)22(27)20-21(15-11-13-17(26)14-12-15)25(24(29)23(20)28)16-7-3-2-4-8-16/h2-14,21,26-27H,1H3/b22-20-. The SMILES string of the molecule is COc1ccccc1/C(O)=C1/C(=O)C(=O)N(c2ccccc2)C1c1ccc(O)cc1. The van der Waals surface area contributed by atoms with Gasteiger partial charge in [0.15, 0.2) is 0 Å². The number of methoxy groups -OCH3 is 1. The van der Waals surface area contributed by atoms with Crippen molar-refractivity contribution in [1.29, 1.82) is 0 Å². The number of phenolic OH excluding ortho intramolecular Hbond substituents is 1. The number of phenols is 1. The van der Waals surface area contributed by atoms with E-state index in [1.54, 1.807) is 60.7 Å². The van der Waals surface area contributed by atoms with Gasteiger partial charge in [0, 0.05) is 5.69 Å². The number of anilines is 1. The molecule has 0 saturated carbocycles. The van der Waals surface area contributed by atoms with Crippen molar-refractivity contribution in [2.24, 2.45) is 0 Å². The molecule has 3 aromatic rings. The summed E-state index contributed by atoms with van der Waals surface area (Å²) in [4.78, 5) is 27.4. The highest BCUT2D eigenvalue weighted by atomic mass is 16.5. The van der Waals surface area contributed by atoms with Crippen molar-refractivity contribution in [3.8, 4) is 11.5 Å². The number of carbonyl (C=O) groups excluding carboxylic acids is 2. The first kappa shape index (κ1) is 19.3. The first-order valence-electron chi connectivity index (χ1n) is 9.31. The van der Waals surface area contributed by atoms with E-state index >= 15 is 0 Å². The predicted octanol–water partition coefficient (Wildman–Crippen LogP) is 4.03. The molecular formula is C24H19NO5. The summed E-state index contributed by atoms with van der Waals surface area (Å²) >= 11 is 0. The molecule has 1 atom stereocenters. The average Bonchev–Trinajstić information content (AvgIpc) is 3.05. The molecule has 0 radical (unpaired) electrons. The van der Waals surface area contributed by atoms with Crippen LogP contribution in [0.3, 0.4) is 0 Å². The van der Waals surface area contributed by atoms with E-state index in [1.807, 2.05) is 6.07 Å². The van der Waals surface area contributed by atoms with Gasteiger partial charge in [-0.15, -0.1) is 0 Å². The normalized spacial score (nSPS) is 17.9. The third-order valence-electron chi connectivity index (χ3n) is 5.05. The number of rotatable bonds is 4. The molecule has 0 aliphatic carbocycles. The minimum absolute atomic E-state index is 0.0426. The van der Waals surface area contributed by atoms with Crippen molar-refractivity contribution in [3.05, 3.63) is 95.6 Å². The van der Waals surface area contributed by atoms with Crippen LogP contribution >= 0.6 is 0 Å². The van der Waals surface area contributed by atoms with E-state index in [0.717, 1.165) is 0 Å². The molecule has 6 heteroatoms. The highest BCUT2D eigenvalue weighted by Gasteiger charge is 2.47. The van der Waals surface area contributed by atoms with E-state index in [4.69, 9.17) is 4.74 Å². The lowest BCUT2D eigenvalue weighted by molar-refractivity contribution is -0.132. The van der Waals surface area contributed by atoms with Gasteiger partial charge < -0.3 is 14.9 Å². The Balaban J connectivity index is 1.97. The van der Waals surface area contributed by atoms with Crippen molar-refractivity contribution in [2.75, 3.05) is 12.0 Å². The summed E-state index contributed by atoms with van der Waals surface area (Å²) in [5.74, 6) is -1.41. The summed E-state index contributed by atoms with van der Waals surface area (Å²) in [6.45, 7) is 0. The van der Waals surface area contributed by atoms with Gasteiger partial charge in [0.1, 0.15) is 17.3 Å². The molecular weight excluding hydrogens is 382 g/mol. The minimum atomic E-state index is -0.863. The minimum Gasteiger partial charge on any atom is -0.508 e. The molecule has 3 aromatic carbocycles.